The second kappa shape index (κ2) is 27.0. The molecule has 0 aromatic rings. The van der Waals surface area contributed by atoms with E-state index in [-0.39, 0.29) is 58.7 Å². The number of hydrogen-bond donors (Lipinski definition) is 0. The molecule has 0 rings (SSSR count). The molecule has 216 valence electrons. The number of esters is 2. The van der Waals surface area contributed by atoms with Crippen molar-refractivity contribution in [2.24, 2.45) is 29.1 Å². The molecule has 6 nitrogen and oxygen atoms in total. The largest absolute Gasteiger partial charge is 1.00 e. The van der Waals surface area contributed by atoms with Crippen LogP contribution in [0.5, 0.6) is 0 Å². The first kappa shape index (κ1) is 43.5. The average Bonchev–Trinajstić information content (AvgIpc) is 2.85. The maximum atomic E-state index is 11.5. The Bertz CT molecular complexity index is 562. The molecule has 3 atom stereocenters. The number of carboxylic acid groups (broad SMARTS) is 1. The van der Waals surface area contributed by atoms with Crippen molar-refractivity contribution in [3.05, 3.63) is 0 Å². The number of carbonyl (C=O) groups excluding carboxylic acids is 3. The standard InChI is InChI=1S/C13H26O2.C12H24O2.C5H10O2.Na/c1-5-8-9-12(7-3)10-15-13(14)11(4)6-2;1-6-12(4,5)11(13)14-9-7-8-10(2)3;1-3-4(2)5(6)7;/h11-12H,5-10H2,1-4H3;10H,6-9H2,1-5H3;4H,3H2,1-2H3,(H,6,7);/q;;;+1/p-1. The van der Waals surface area contributed by atoms with Gasteiger partial charge in [0.15, 0.2) is 0 Å². The maximum Gasteiger partial charge on any atom is 1.00 e. The molecule has 0 heterocycles. The Kier molecular flexibility index (Phi) is 31.7. The molecule has 0 fully saturated rings. The Morgan fingerprint density at radius 1 is 0.784 bits per heavy atom. The van der Waals surface area contributed by atoms with E-state index >= 15 is 0 Å². The molecule has 0 aliphatic heterocycles. The van der Waals surface area contributed by atoms with E-state index in [1.54, 1.807) is 6.92 Å². The van der Waals surface area contributed by atoms with Crippen LogP contribution in [0.4, 0.5) is 0 Å². The SMILES string of the molecule is CCC(C)(C)C(=O)OCCCC(C)C.CCC(C)C(=O)[O-].CCCCC(CC)COC(=O)C(C)CC.[Na+]. The number of hydrogen-bond acceptors (Lipinski definition) is 6. The molecule has 0 radical (unpaired) electrons. The van der Waals surface area contributed by atoms with Crippen LogP contribution in [0.15, 0.2) is 0 Å². The predicted molar refractivity (Wildman–Crippen MR) is 147 cm³/mol. The fourth-order valence-corrected chi connectivity index (χ4v) is 2.57. The van der Waals surface area contributed by atoms with Gasteiger partial charge >= 0.3 is 41.5 Å². The number of unbranched alkanes of at least 4 members (excludes halogenated alkanes) is 1. The first-order valence-corrected chi connectivity index (χ1v) is 14.3. The van der Waals surface area contributed by atoms with Gasteiger partial charge in [-0.05, 0) is 70.1 Å². The summed E-state index contributed by atoms with van der Waals surface area (Å²) in [6.07, 6.45) is 9.19. The van der Waals surface area contributed by atoms with E-state index in [0.717, 1.165) is 32.1 Å². The van der Waals surface area contributed by atoms with Gasteiger partial charge in [-0.1, -0.05) is 81.6 Å². The monoisotopic (exact) mass is 538 g/mol. The van der Waals surface area contributed by atoms with Gasteiger partial charge in [0.05, 0.1) is 24.5 Å². The van der Waals surface area contributed by atoms with Gasteiger partial charge in [-0.2, -0.15) is 0 Å². The minimum Gasteiger partial charge on any atom is -0.550 e. The zero-order valence-electron chi connectivity index (χ0n) is 26.5. The smallest absolute Gasteiger partial charge is 0.550 e. The first-order chi connectivity index (χ1) is 16.7. The van der Waals surface area contributed by atoms with Crippen LogP contribution >= 0.6 is 0 Å². The molecule has 0 aliphatic rings. The van der Waals surface area contributed by atoms with Crippen molar-refractivity contribution < 1.29 is 58.5 Å². The number of rotatable bonds is 16. The van der Waals surface area contributed by atoms with Crippen molar-refractivity contribution in [3.63, 3.8) is 0 Å². The van der Waals surface area contributed by atoms with E-state index in [1.165, 1.54) is 19.3 Å². The van der Waals surface area contributed by atoms with E-state index in [2.05, 4.69) is 27.7 Å². The molecule has 37 heavy (non-hydrogen) atoms. The molecule has 0 aromatic heterocycles. The second-order valence-corrected chi connectivity index (χ2v) is 10.9. The van der Waals surface area contributed by atoms with Crippen molar-refractivity contribution >= 4 is 17.9 Å². The summed E-state index contributed by atoms with van der Waals surface area (Å²) in [5.41, 5.74) is -0.322. The van der Waals surface area contributed by atoms with Crippen molar-refractivity contribution in [2.75, 3.05) is 13.2 Å². The molecule has 7 heteroatoms. The summed E-state index contributed by atoms with van der Waals surface area (Å²) >= 11 is 0. The molecule has 0 aromatic carbocycles. The van der Waals surface area contributed by atoms with E-state index in [0.29, 0.717) is 31.5 Å². The van der Waals surface area contributed by atoms with Gasteiger partial charge in [0.25, 0.3) is 0 Å². The summed E-state index contributed by atoms with van der Waals surface area (Å²) < 4.78 is 10.5. The number of ether oxygens (including phenoxy) is 2. The predicted octanol–water partition coefficient (Wildman–Crippen LogP) is 3.98. The summed E-state index contributed by atoms with van der Waals surface area (Å²) in [4.78, 5) is 32.8. The van der Waals surface area contributed by atoms with Crippen LogP contribution in [0.25, 0.3) is 0 Å². The van der Waals surface area contributed by atoms with Crippen LogP contribution in [0, 0.1) is 29.1 Å². The van der Waals surface area contributed by atoms with Crippen LogP contribution in [-0.4, -0.2) is 31.1 Å². The van der Waals surface area contributed by atoms with Gasteiger partial charge in [-0.15, -0.1) is 0 Å². The number of carbonyl (C=O) groups is 3. The third-order valence-electron chi connectivity index (χ3n) is 6.63. The van der Waals surface area contributed by atoms with Crippen molar-refractivity contribution in [2.45, 2.75) is 134 Å². The van der Waals surface area contributed by atoms with Gasteiger partial charge in [-0.25, -0.2) is 0 Å². The summed E-state index contributed by atoms with van der Waals surface area (Å²) in [6.45, 7) is 23.2. The van der Waals surface area contributed by atoms with Crippen LogP contribution < -0.4 is 34.7 Å². The molecule has 0 saturated carbocycles. The van der Waals surface area contributed by atoms with Crippen molar-refractivity contribution in [3.8, 4) is 0 Å². The van der Waals surface area contributed by atoms with Crippen molar-refractivity contribution in [1.29, 1.82) is 0 Å². The summed E-state index contributed by atoms with van der Waals surface area (Å²) in [7, 11) is 0. The second-order valence-electron chi connectivity index (χ2n) is 10.9. The van der Waals surface area contributed by atoms with Crippen molar-refractivity contribution in [1.82, 2.24) is 0 Å². The first-order valence-electron chi connectivity index (χ1n) is 14.3. The number of carboxylic acids is 1. The minimum absolute atomic E-state index is 0. The molecular formula is C30H59NaO6. The van der Waals surface area contributed by atoms with Crippen LogP contribution in [0.3, 0.4) is 0 Å². The fraction of sp³-hybridized carbons (Fsp3) is 0.900. The van der Waals surface area contributed by atoms with E-state index in [9.17, 15) is 19.5 Å². The number of aliphatic carboxylic acids is 1. The average molecular weight is 539 g/mol. The third-order valence-corrected chi connectivity index (χ3v) is 6.63. The zero-order valence-corrected chi connectivity index (χ0v) is 28.5. The molecule has 3 unspecified atom stereocenters. The van der Waals surface area contributed by atoms with E-state index in [1.807, 2.05) is 41.5 Å². The molecule has 0 amide bonds. The Morgan fingerprint density at radius 2 is 1.32 bits per heavy atom. The van der Waals surface area contributed by atoms with E-state index in [4.69, 9.17) is 9.47 Å². The normalized spacial score (nSPS) is 13.0. The molecule has 0 aliphatic carbocycles. The van der Waals surface area contributed by atoms with Gasteiger partial charge < -0.3 is 19.4 Å². The van der Waals surface area contributed by atoms with Gasteiger partial charge in [0.1, 0.15) is 0 Å². The molecule has 0 N–H and O–H groups in total. The molecular weight excluding hydrogens is 479 g/mol. The van der Waals surface area contributed by atoms with Gasteiger partial charge in [0.2, 0.25) is 0 Å². The Balaban J connectivity index is -0.000000231. The Labute approximate surface area is 251 Å². The third kappa shape index (κ3) is 26.8. The molecule has 0 saturated heterocycles. The van der Waals surface area contributed by atoms with Crippen LogP contribution in [-0.2, 0) is 23.9 Å². The minimum atomic E-state index is -0.956. The van der Waals surface area contributed by atoms with Crippen LogP contribution in [0.1, 0.15) is 134 Å². The van der Waals surface area contributed by atoms with E-state index < -0.39 is 5.97 Å². The maximum absolute atomic E-state index is 11.5. The Hall–Kier alpha value is -0.590. The summed E-state index contributed by atoms with van der Waals surface area (Å²) in [6, 6.07) is 0. The fourth-order valence-electron chi connectivity index (χ4n) is 2.57. The van der Waals surface area contributed by atoms with Gasteiger partial charge in [-0.3, -0.25) is 9.59 Å². The summed E-state index contributed by atoms with van der Waals surface area (Å²) in [5, 5.41) is 9.82. The molecule has 0 spiro atoms. The zero-order chi connectivity index (χ0) is 28.7. The quantitative estimate of drug-likeness (QED) is 0.168. The summed E-state index contributed by atoms with van der Waals surface area (Å²) in [5.74, 6) is -0.0572. The van der Waals surface area contributed by atoms with Gasteiger partial charge in [0, 0.05) is 5.97 Å². The topological polar surface area (TPSA) is 92.7 Å². The molecule has 0 bridgehead atoms. The Morgan fingerprint density at radius 3 is 1.68 bits per heavy atom. The van der Waals surface area contributed by atoms with Crippen LogP contribution in [0.2, 0.25) is 0 Å².